The second kappa shape index (κ2) is 4.61. The minimum Gasteiger partial charge on any atom is -0.342 e. The van der Waals surface area contributed by atoms with Crippen LogP contribution in [0.5, 0.6) is 0 Å². The van der Waals surface area contributed by atoms with Crippen LogP contribution in [0.1, 0.15) is 19.7 Å². The Morgan fingerprint density at radius 1 is 1.50 bits per heavy atom. The van der Waals surface area contributed by atoms with Gasteiger partial charge in [0.05, 0.1) is 5.52 Å². The maximum absolute atomic E-state index is 13.4. The molecule has 1 heterocycles. The third-order valence-corrected chi connectivity index (χ3v) is 2.56. The number of likely N-dealkylation sites (N-methyl/N-ethyl adjacent to an activating group) is 1. The number of benzene rings is 1. The highest BCUT2D eigenvalue weighted by atomic mass is 19.1. The average molecular weight is 221 g/mol. The molecule has 0 aliphatic heterocycles. The van der Waals surface area contributed by atoms with E-state index in [0.717, 1.165) is 24.3 Å². The van der Waals surface area contributed by atoms with Crippen LogP contribution in [0, 0.1) is 5.82 Å². The number of fused-ring (bicyclic) bond motifs is 1. The molecule has 0 amide bonds. The van der Waals surface area contributed by atoms with E-state index >= 15 is 0 Å². The van der Waals surface area contributed by atoms with E-state index < -0.39 is 0 Å². The maximum Gasteiger partial charge on any atom is 0.151 e. The number of para-hydroxylation sites is 1. The summed E-state index contributed by atoms with van der Waals surface area (Å²) >= 11 is 0. The van der Waals surface area contributed by atoms with Crippen LogP contribution in [0.3, 0.4) is 0 Å². The average Bonchev–Trinajstić information content (AvgIpc) is 2.62. The van der Waals surface area contributed by atoms with Crippen LogP contribution in [-0.4, -0.2) is 22.6 Å². The summed E-state index contributed by atoms with van der Waals surface area (Å²) in [6.45, 7) is 5.08. The predicted molar refractivity (Wildman–Crippen MR) is 62.9 cm³/mol. The number of halogens is 1. The number of H-pyrrole nitrogens is 1. The van der Waals surface area contributed by atoms with Crippen LogP contribution in [0.25, 0.3) is 11.0 Å². The molecule has 1 aromatic carbocycles. The zero-order valence-corrected chi connectivity index (χ0v) is 9.55. The largest absolute Gasteiger partial charge is 0.342 e. The van der Waals surface area contributed by atoms with Crippen molar-refractivity contribution in [3.05, 3.63) is 29.8 Å². The Balaban J connectivity index is 2.23. The SMILES string of the molecule is CCN[C@H](C)Cc1nc2c(F)cccc2[nH]1. The number of nitrogens with one attached hydrogen (secondary N) is 2. The van der Waals surface area contributed by atoms with E-state index in [1.165, 1.54) is 6.07 Å². The molecule has 2 rings (SSSR count). The van der Waals surface area contributed by atoms with Crippen molar-refractivity contribution in [2.45, 2.75) is 26.3 Å². The lowest BCUT2D eigenvalue weighted by Crippen LogP contribution is -2.27. The Bertz CT molecular complexity index is 478. The molecule has 0 unspecified atom stereocenters. The van der Waals surface area contributed by atoms with Crippen molar-refractivity contribution >= 4 is 11.0 Å². The summed E-state index contributed by atoms with van der Waals surface area (Å²) in [5, 5.41) is 3.30. The van der Waals surface area contributed by atoms with Crippen LogP contribution in [0.4, 0.5) is 4.39 Å². The Labute approximate surface area is 94.1 Å². The van der Waals surface area contributed by atoms with E-state index in [-0.39, 0.29) is 5.82 Å². The molecule has 0 aliphatic rings. The van der Waals surface area contributed by atoms with Gasteiger partial charge in [0.25, 0.3) is 0 Å². The van der Waals surface area contributed by atoms with Crippen LogP contribution in [-0.2, 0) is 6.42 Å². The van der Waals surface area contributed by atoms with Gasteiger partial charge in [-0.3, -0.25) is 0 Å². The van der Waals surface area contributed by atoms with Gasteiger partial charge in [-0.05, 0) is 25.6 Å². The highest BCUT2D eigenvalue weighted by Crippen LogP contribution is 2.15. The minimum absolute atomic E-state index is 0.267. The third kappa shape index (κ3) is 2.22. The molecule has 3 nitrogen and oxygen atoms in total. The number of rotatable bonds is 4. The molecule has 1 atom stereocenters. The van der Waals surface area contributed by atoms with Gasteiger partial charge >= 0.3 is 0 Å². The quantitative estimate of drug-likeness (QED) is 0.831. The number of aromatic nitrogens is 2. The smallest absolute Gasteiger partial charge is 0.151 e. The van der Waals surface area contributed by atoms with E-state index in [4.69, 9.17) is 0 Å². The van der Waals surface area contributed by atoms with Gasteiger partial charge < -0.3 is 10.3 Å². The number of hydrogen-bond acceptors (Lipinski definition) is 2. The first-order valence-corrected chi connectivity index (χ1v) is 5.57. The molecule has 0 radical (unpaired) electrons. The number of imidazole rings is 1. The maximum atomic E-state index is 13.4. The van der Waals surface area contributed by atoms with Gasteiger partial charge in [0.15, 0.2) is 5.82 Å². The van der Waals surface area contributed by atoms with Gasteiger partial charge in [-0.1, -0.05) is 13.0 Å². The summed E-state index contributed by atoms with van der Waals surface area (Å²) in [6, 6.07) is 5.30. The molecule has 0 fully saturated rings. The van der Waals surface area contributed by atoms with E-state index in [1.54, 1.807) is 6.07 Å². The van der Waals surface area contributed by atoms with Crippen LogP contribution in [0.15, 0.2) is 18.2 Å². The van der Waals surface area contributed by atoms with Crippen molar-refractivity contribution in [3.63, 3.8) is 0 Å². The fraction of sp³-hybridized carbons (Fsp3) is 0.417. The van der Waals surface area contributed by atoms with Gasteiger partial charge in [0, 0.05) is 12.5 Å². The van der Waals surface area contributed by atoms with Crippen molar-refractivity contribution in [2.75, 3.05) is 6.54 Å². The third-order valence-electron chi connectivity index (χ3n) is 2.56. The van der Waals surface area contributed by atoms with Crippen molar-refractivity contribution in [3.8, 4) is 0 Å². The number of aromatic amines is 1. The van der Waals surface area contributed by atoms with E-state index in [9.17, 15) is 4.39 Å². The molecule has 16 heavy (non-hydrogen) atoms. The molecule has 4 heteroatoms. The van der Waals surface area contributed by atoms with Crippen molar-refractivity contribution in [1.82, 2.24) is 15.3 Å². The van der Waals surface area contributed by atoms with Gasteiger partial charge in [-0.25, -0.2) is 9.37 Å². The van der Waals surface area contributed by atoms with Gasteiger partial charge in [0.1, 0.15) is 11.3 Å². The Morgan fingerprint density at radius 3 is 3.00 bits per heavy atom. The van der Waals surface area contributed by atoms with Gasteiger partial charge in [-0.2, -0.15) is 0 Å². The molecule has 1 aromatic heterocycles. The number of nitrogens with zero attached hydrogens (tertiary/aromatic N) is 1. The molecular formula is C12H16FN3. The Kier molecular flexibility index (Phi) is 3.19. The first-order valence-electron chi connectivity index (χ1n) is 5.57. The molecule has 0 spiro atoms. The zero-order valence-electron chi connectivity index (χ0n) is 9.55. The van der Waals surface area contributed by atoms with Gasteiger partial charge in [0.2, 0.25) is 0 Å². The fourth-order valence-electron chi connectivity index (χ4n) is 1.86. The highest BCUT2D eigenvalue weighted by Gasteiger charge is 2.09. The molecule has 2 aromatic rings. The summed E-state index contributed by atoms with van der Waals surface area (Å²) in [5.74, 6) is 0.560. The topological polar surface area (TPSA) is 40.7 Å². The summed E-state index contributed by atoms with van der Waals surface area (Å²) in [5.41, 5.74) is 1.19. The normalized spacial score (nSPS) is 13.2. The monoisotopic (exact) mass is 221 g/mol. The van der Waals surface area contributed by atoms with Crippen molar-refractivity contribution in [2.24, 2.45) is 0 Å². The zero-order chi connectivity index (χ0) is 11.5. The van der Waals surface area contributed by atoms with Gasteiger partial charge in [-0.15, -0.1) is 0 Å². The standard InChI is InChI=1S/C12H16FN3/c1-3-14-8(2)7-11-15-10-6-4-5-9(13)12(10)16-11/h4-6,8,14H,3,7H2,1-2H3,(H,15,16)/t8-/m1/s1. The fourth-order valence-corrected chi connectivity index (χ4v) is 1.86. The molecular weight excluding hydrogens is 205 g/mol. The molecule has 0 saturated heterocycles. The van der Waals surface area contributed by atoms with Crippen molar-refractivity contribution in [1.29, 1.82) is 0 Å². The molecule has 2 N–H and O–H groups in total. The first-order chi connectivity index (χ1) is 7.70. The highest BCUT2D eigenvalue weighted by molar-refractivity contribution is 5.75. The molecule has 0 bridgehead atoms. The van der Waals surface area contributed by atoms with E-state index in [0.29, 0.717) is 11.6 Å². The Hall–Kier alpha value is -1.42. The van der Waals surface area contributed by atoms with E-state index in [2.05, 4.69) is 29.1 Å². The van der Waals surface area contributed by atoms with Crippen molar-refractivity contribution < 1.29 is 4.39 Å². The van der Waals surface area contributed by atoms with E-state index in [1.807, 2.05) is 6.07 Å². The second-order valence-corrected chi connectivity index (χ2v) is 3.98. The van der Waals surface area contributed by atoms with Crippen LogP contribution in [0.2, 0.25) is 0 Å². The summed E-state index contributed by atoms with van der Waals surface area (Å²) in [4.78, 5) is 7.40. The minimum atomic E-state index is -0.267. The predicted octanol–water partition coefficient (Wildman–Crippen LogP) is 2.24. The molecule has 86 valence electrons. The van der Waals surface area contributed by atoms with Crippen LogP contribution < -0.4 is 5.32 Å². The number of hydrogen-bond donors (Lipinski definition) is 2. The molecule has 0 saturated carbocycles. The Morgan fingerprint density at radius 2 is 2.31 bits per heavy atom. The summed E-state index contributed by atoms with van der Waals surface area (Å²) < 4.78 is 13.4. The van der Waals surface area contributed by atoms with Crippen LogP contribution >= 0.6 is 0 Å². The lowest BCUT2D eigenvalue weighted by molar-refractivity contribution is 0.555. The lowest BCUT2D eigenvalue weighted by Gasteiger charge is -2.09. The summed E-state index contributed by atoms with van der Waals surface area (Å²) in [7, 11) is 0. The second-order valence-electron chi connectivity index (χ2n) is 3.98. The summed E-state index contributed by atoms with van der Waals surface area (Å²) in [6.07, 6.45) is 0.780. The molecule has 0 aliphatic carbocycles. The lowest BCUT2D eigenvalue weighted by atomic mass is 10.2. The first kappa shape index (κ1) is 11.1.